The van der Waals surface area contributed by atoms with Gasteiger partial charge in [0, 0.05) is 11.9 Å². The summed E-state index contributed by atoms with van der Waals surface area (Å²) in [4.78, 5) is 3.45. The lowest BCUT2D eigenvalue weighted by Crippen LogP contribution is -2.07. The Morgan fingerprint density at radius 3 is 2.53 bits per heavy atom. The third kappa shape index (κ3) is 1.25. The Balaban J connectivity index is 2.32. The molecular weight excluding hydrogens is 202 g/mol. The molecular formula is C13H11NS. The van der Waals surface area contributed by atoms with E-state index < -0.39 is 0 Å². The highest BCUT2D eigenvalue weighted by Crippen LogP contribution is 2.45. The molecule has 0 saturated heterocycles. The quantitative estimate of drug-likeness (QED) is 0.654. The molecule has 0 aliphatic carbocycles. The third-order valence-electron chi connectivity index (χ3n) is 2.79. The minimum Gasteiger partial charge on any atom is -0.339 e. The van der Waals surface area contributed by atoms with Crippen LogP contribution in [-0.4, -0.2) is 7.05 Å². The Morgan fingerprint density at radius 2 is 1.80 bits per heavy atom. The molecule has 0 saturated carbocycles. The molecule has 74 valence electrons. The molecule has 0 bridgehead atoms. The highest BCUT2D eigenvalue weighted by atomic mass is 32.2. The SMILES string of the molecule is C=C1Sc2cc3ccccc3cc2N1C. The van der Waals surface area contributed by atoms with Crippen LogP contribution in [0.1, 0.15) is 0 Å². The van der Waals surface area contributed by atoms with Crippen LogP contribution >= 0.6 is 11.8 Å². The van der Waals surface area contributed by atoms with Gasteiger partial charge in [0.2, 0.25) is 0 Å². The van der Waals surface area contributed by atoms with Gasteiger partial charge in [0.15, 0.2) is 0 Å². The topological polar surface area (TPSA) is 3.24 Å². The van der Waals surface area contributed by atoms with Crippen LogP contribution in [0, 0.1) is 0 Å². The minimum atomic E-state index is 1.10. The number of rotatable bonds is 0. The van der Waals surface area contributed by atoms with Crippen molar-refractivity contribution in [2.75, 3.05) is 11.9 Å². The summed E-state index contributed by atoms with van der Waals surface area (Å²) in [6.45, 7) is 4.03. The summed E-state index contributed by atoms with van der Waals surface area (Å²) in [6, 6.07) is 12.9. The maximum atomic E-state index is 4.03. The van der Waals surface area contributed by atoms with Crippen LogP contribution in [0.15, 0.2) is 52.9 Å². The van der Waals surface area contributed by atoms with Gasteiger partial charge in [-0.25, -0.2) is 0 Å². The van der Waals surface area contributed by atoms with Gasteiger partial charge in [-0.3, -0.25) is 0 Å². The van der Waals surface area contributed by atoms with Crippen LogP contribution in [0.4, 0.5) is 5.69 Å². The molecule has 0 amide bonds. The zero-order valence-electron chi connectivity index (χ0n) is 8.53. The number of nitrogens with zero attached hydrogens (tertiary/aromatic N) is 1. The number of thioether (sulfide) groups is 1. The van der Waals surface area contributed by atoms with E-state index in [1.807, 2.05) is 0 Å². The van der Waals surface area contributed by atoms with Gasteiger partial charge in [-0.2, -0.15) is 0 Å². The van der Waals surface area contributed by atoms with Gasteiger partial charge in [-0.15, -0.1) is 0 Å². The molecule has 0 atom stereocenters. The summed E-state index contributed by atoms with van der Waals surface area (Å²) in [5.74, 6) is 0. The molecule has 0 unspecified atom stereocenters. The second kappa shape index (κ2) is 3.04. The van der Waals surface area contributed by atoms with Gasteiger partial charge < -0.3 is 4.90 Å². The molecule has 0 spiro atoms. The first-order valence-corrected chi connectivity index (χ1v) is 5.70. The normalized spacial score (nSPS) is 14.7. The maximum absolute atomic E-state index is 4.03. The lowest BCUT2D eigenvalue weighted by atomic mass is 10.1. The molecule has 0 radical (unpaired) electrons. The third-order valence-corrected chi connectivity index (χ3v) is 3.85. The molecule has 0 fully saturated rings. The molecule has 1 nitrogen and oxygen atoms in total. The zero-order chi connectivity index (χ0) is 10.4. The first-order valence-electron chi connectivity index (χ1n) is 4.89. The van der Waals surface area contributed by atoms with Crippen molar-refractivity contribution < 1.29 is 0 Å². The number of hydrogen-bond donors (Lipinski definition) is 0. The summed E-state index contributed by atoms with van der Waals surface area (Å²) in [6.07, 6.45) is 0. The van der Waals surface area contributed by atoms with E-state index in [2.05, 4.69) is 54.9 Å². The molecule has 1 aliphatic heterocycles. The molecule has 0 aromatic heterocycles. The molecule has 15 heavy (non-hydrogen) atoms. The largest absolute Gasteiger partial charge is 0.339 e. The van der Waals surface area contributed by atoms with Crippen LogP contribution in [0.3, 0.4) is 0 Å². The van der Waals surface area contributed by atoms with Crippen molar-refractivity contribution in [1.29, 1.82) is 0 Å². The fraction of sp³-hybridized carbons (Fsp3) is 0.0769. The molecule has 1 aliphatic rings. The number of fused-ring (bicyclic) bond motifs is 2. The van der Waals surface area contributed by atoms with Crippen molar-refractivity contribution in [2.45, 2.75) is 4.90 Å². The lowest BCUT2D eigenvalue weighted by molar-refractivity contribution is 1.19. The zero-order valence-corrected chi connectivity index (χ0v) is 9.34. The van der Waals surface area contributed by atoms with E-state index in [1.54, 1.807) is 11.8 Å². The van der Waals surface area contributed by atoms with E-state index in [9.17, 15) is 0 Å². The van der Waals surface area contributed by atoms with Gasteiger partial charge in [-0.1, -0.05) is 42.6 Å². The Labute approximate surface area is 93.4 Å². The Bertz CT molecular complexity index is 559. The van der Waals surface area contributed by atoms with E-state index in [4.69, 9.17) is 0 Å². The van der Waals surface area contributed by atoms with Crippen molar-refractivity contribution in [3.63, 3.8) is 0 Å². The molecule has 2 aromatic carbocycles. The monoisotopic (exact) mass is 213 g/mol. The smallest absolute Gasteiger partial charge is 0.0725 e. The van der Waals surface area contributed by atoms with Crippen molar-refractivity contribution in [3.8, 4) is 0 Å². The molecule has 0 N–H and O–H groups in total. The summed E-state index contributed by atoms with van der Waals surface area (Å²) in [7, 11) is 2.07. The predicted octanol–water partition coefficient (Wildman–Crippen LogP) is 3.85. The van der Waals surface area contributed by atoms with Gasteiger partial charge >= 0.3 is 0 Å². The number of benzene rings is 2. The Kier molecular flexibility index (Phi) is 1.80. The van der Waals surface area contributed by atoms with Crippen molar-refractivity contribution in [3.05, 3.63) is 48.0 Å². The predicted molar refractivity (Wildman–Crippen MR) is 67.3 cm³/mol. The first-order chi connectivity index (χ1) is 7.25. The number of hydrogen-bond acceptors (Lipinski definition) is 2. The van der Waals surface area contributed by atoms with Crippen LogP contribution < -0.4 is 4.90 Å². The lowest BCUT2D eigenvalue weighted by Gasteiger charge is -2.12. The van der Waals surface area contributed by atoms with Crippen LogP contribution in [0.25, 0.3) is 10.8 Å². The highest BCUT2D eigenvalue weighted by molar-refractivity contribution is 8.03. The van der Waals surface area contributed by atoms with Crippen LogP contribution in [-0.2, 0) is 0 Å². The average Bonchev–Trinajstić information content (AvgIpc) is 2.52. The summed E-state index contributed by atoms with van der Waals surface area (Å²) < 4.78 is 0. The second-order valence-corrected chi connectivity index (χ2v) is 4.84. The maximum Gasteiger partial charge on any atom is 0.0725 e. The van der Waals surface area contributed by atoms with Gasteiger partial charge in [0.25, 0.3) is 0 Å². The van der Waals surface area contributed by atoms with E-state index >= 15 is 0 Å². The highest BCUT2D eigenvalue weighted by Gasteiger charge is 2.20. The van der Waals surface area contributed by atoms with Crippen molar-refractivity contribution in [1.82, 2.24) is 0 Å². The van der Waals surface area contributed by atoms with E-state index in [-0.39, 0.29) is 0 Å². The standard InChI is InChI=1S/C13H11NS/c1-9-14(2)12-7-10-5-3-4-6-11(10)8-13(12)15-9/h3-8H,1H2,2H3. The molecule has 1 heterocycles. The summed E-state index contributed by atoms with van der Waals surface area (Å²) in [5, 5.41) is 3.69. The van der Waals surface area contributed by atoms with Gasteiger partial charge in [-0.05, 0) is 22.9 Å². The fourth-order valence-electron chi connectivity index (χ4n) is 1.88. The average molecular weight is 213 g/mol. The second-order valence-electron chi connectivity index (χ2n) is 3.72. The molecule has 2 aromatic rings. The molecule has 2 heteroatoms. The summed E-state index contributed by atoms with van der Waals surface area (Å²) in [5.41, 5.74) is 1.27. The van der Waals surface area contributed by atoms with E-state index in [0.29, 0.717) is 0 Å². The Hall–Kier alpha value is -1.41. The summed E-state index contributed by atoms with van der Waals surface area (Å²) >= 11 is 1.75. The Morgan fingerprint density at radius 1 is 1.13 bits per heavy atom. The van der Waals surface area contributed by atoms with E-state index in [1.165, 1.54) is 21.4 Å². The molecule has 3 rings (SSSR count). The minimum absolute atomic E-state index is 1.10. The van der Waals surface area contributed by atoms with Gasteiger partial charge in [0.05, 0.1) is 10.7 Å². The fourth-order valence-corrected chi connectivity index (χ4v) is 2.86. The van der Waals surface area contributed by atoms with Gasteiger partial charge in [0.1, 0.15) is 0 Å². The van der Waals surface area contributed by atoms with Crippen LogP contribution in [0.2, 0.25) is 0 Å². The number of anilines is 1. The first kappa shape index (κ1) is 8.86. The van der Waals surface area contributed by atoms with Crippen LogP contribution in [0.5, 0.6) is 0 Å². The van der Waals surface area contributed by atoms with Crippen molar-refractivity contribution >= 4 is 28.2 Å². The van der Waals surface area contributed by atoms with E-state index in [0.717, 1.165) is 5.03 Å². The van der Waals surface area contributed by atoms with Crippen molar-refractivity contribution in [2.24, 2.45) is 0 Å².